The van der Waals surface area contributed by atoms with E-state index in [0.717, 1.165) is 12.5 Å². The van der Waals surface area contributed by atoms with E-state index in [9.17, 15) is 22.8 Å². The lowest BCUT2D eigenvalue weighted by atomic mass is 10.1. The minimum absolute atomic E-state index is 0.0443. The Bertz CT molecular complexity index is 762. The number of hydroxylamine groups is 1. The van der Waals surface area contributed by atoms with Gasteiger partial charge in [-0.3, -0.25) is 10.7 Å². The van der Waals surface area contributed by atoms with Crippen LogP contribution in [0.1, 0.15) is 29.8 Å². The Hall–Kier alpha value is -2.53. The van der Waals surface area contributed by atoms with Crippen molar-refractivity contribution in [3.8, 4) is 0 Å². The summed E-state index contributed by atoms with van der Waals surface area (Å²) in [6.45, 7) is 0.551. The third kappa shape index (κ3) is 4.99. The fourth-order valence-electron chi connectivity index (χ4n) is 2.15. The van der Waals surface area contributed by atoms with Gasteiger partial charge in [0, 0.05) is 13.7 Å². The van der Waals surface area contributed by atoms with Gasteiger partial charge in [-0.05, 0) is 42.6 Å². The molecule has 0 spiro atoms. The molecular weight excluding hydrogens is 360 g/mol. The van der Waals surface area contributed by atoms with E-state index in [1.165, 1.54) is 0 Å². The van der Waals surface area contributed by atoms with Crippen LogP contribution in [0.15, 0.2) is 27.8 Å². The largest absolute Gasteiger partial charge is 0.419 e. The van der Waals surface area contributed by atoms with Crippen molar-refractivity contribution in [2.45, 2.75) is 25.4 Å². The number of amidine groups is 1. The van der Waals surface area contributed by atoms with Gasteiger partial charge in [-0.1, -0.05) is 5.16 Å². The smallest absolute Gasteiger partial charge is 0.385 e. The molecule has 0 unspecified atom stereocenters. The van der Waals surface area contributed by atoms with E-state index >= 15 is 0 Å². The Balaban J connectivity index is 2.28. The van der Waals surface area contributed by atoms with Gasteiger partial charge in [-0.2, -0.15) is 13.2 Å². The molecule has 0 saturated carbocycles. The highest BCUT2D eigenvalue weighted by Gasteiger charge is 2.34. The molecule has 0 amide bonds. The van der Waals surface area contributed by atoms with Gasteiger partial charge in [0.2, 0.25) is 0 Å². The number of alkyl halides is 3. The zero-order valence-corrected chi connectivity index (χ0v) is 13.7. The molecule has 2 rings (SSSR count). The molecule has 0 radical (unpaired) electrons. The van der Waals surface area contributed by atoms with Gasteiger partial charge in [0.1, 0.15) is 11.5 Å². The molecule has 2 N–H and O–H groups in total. The number of benzene rings is 1. The SMILES string of the molecule is COCCCCc1nonc1C(=Nc1ccc(F)c(C(F)(F)F)c1)NO. The number of rotatable bonds is 7. The molecule has 1 heterocycles. The molecule has 7 nitrogen and oxygen atoms in total. The standard InChI is InChI=1S/C15H16F4N4O3/c1-25-7-3-2-4-12-13(23-26-22-12)14(21-24)20-9-5-6-11(16)10(8-9)15(17,18)19/h5-6,8,24H,2-4,7H2,1H3,(H,20,21). The molecule has 0 saturated heterocycles. The molecule has 2 aromatic rings. The summed E-state index contributed by atoms with van der Waals surface area (Å²) in [5, 5.41) is 16.6. The van der Waals surface area contributed by atoms with Crippen molar-refractivity contribution >= 4 is 11.5 Å². The van der Waals surface area contributed by atoms with E-state index in [1.54, 1.807) is 12.6 Å². The second kappa shape index (κ2) is 8.72. The van der Waals surface area contributed by atoms with E-state index in [4.69, 9.17) is 4.74 Å². The van der Waals surface area contributed by atoms with E-state index in [2.05, 4.69) is 19.9 Å². The van der Waals surface area contributed by atoms with E-state index < -0.39 is 17.6 Å². The van der Waals surface area contributed by atoms with Crippen LogP contribution in [0.25, 0.3) is 0 Å². The summed E-state index contributed by atoms with van der Waals surface area (Å²) < 4.78 is 61.2. The number of unbranched alkanes of at least 4 members (excludes halogenated alkanes) is 1. The summed E-state index contributed by atoms with van der Waals surface area (Å²) >= 11 is 0. The Labute approximate surface area is 145 Å². The first-order valence-corrected chi connectivity index (χ1v) is 7.53. The molecule has 0 bridgehead atoms. The molecule has 0 aliphatic rings. The predicted molar refractivity (Wildman–Crippen MR) is 81.6 cm³/mol. The topological polar surface area (TPSA) is 92.8 Å². The van der Waals surface area contributed by atoms with E-state index in [1.807, 2.05) is 0 Å². The van der Waals surface area contributed by atoms with Crippen LogP contribution in [0, 0.1) is 5.82 Å². The Kier molecular flexibility index (Phi) is 6.64. The highest BCUT2D eigenvalue weighted by atomic mass is 19.4. The molecule has 0 atom stereocenters. The van der Waals surface area contributed by atoms with Crippen molar-refractivity contribution < 1.29 is 32.1 Å². The fraction of sp³-hybridized carbons (Fsp3) is 0.400. The summed E-state index contributed by atoms with van der Waals surface area (Å²) in [6.07, 6.45) is -3.01. The fourth-order valence-corrected chi connectivity index (χ4v) is 2.15. The average Bonchev–Trinajstić information content (AvgIpc) is 3.05. The maximum absolute atomic E-state index is 13.3. The van der Waals surface area contributed by atoms with Gasteiger partial charge >= 0.3 is 6.18 Å². The number of methoxy groups -OCH3 is 1. The number of hydrogen-bond acceptors (Lipinski definition) is 6. The summed E-state index contributed by atoms with van der Waals surface area (Å²) in [4.78, 5) is 3.84. The van der Waals surface area contributed by atoms with Gasteiger partial charge in [0.15, 0.2) is 11.5 Å². The van der Waals surface area contributed by atoms with Gasteiger partial charge in [-0.25, -0.2) is 14.0 Å². The molecule has 1 aromatic carbocycles. The molecule has 1 aromatic heterocycles. The molecule has 0 aliphatic heterocycles. The highest BCUT2D eigenvalue weighted by molar-refractivity contribution is 5.98. The number of aromatic nitrogens is 2. The maximum Gasteiger partial charge on any atom is 0.419 e. The van der Waals surface area contributed by atoms with E-state index in [-0.39, 0.29) is 17.2 Å². The number of ether oxygens (including phenoxy) is 1. The lowest BCUT2D eigenvalue weighted by molar-refractivity contribution is -0.139. The number of aryl methyl sites for hydroxylation is 1. The van der Waals surface area contributed by atoms with Crippen LogP contribution in [0.4, 0.5) is 23.2 Å². The maximum atomic E-state index is 13.3. The quantitative estimate of drug-likeness (QED) is 0.253. The number of aliphatic imine (C=N–C) groups is 1. The Morgan fingerprint density at radius 1 is 1.31 bits per heavy atom. The van der Waals surface area contributed by atoms with Crippen molar-refractivity contribution in [1.29, 1.82) is 0 Å². The minimum Gasteiger partial charge on any atom is -0.385 e. The van der Waals surface area contributed by atoms with Gasteiger partial charge in [0.25, 0.3) is 0 Å². The second-order valence-electron chi connectivity index (χ2n) is 5.24. The first-order valence-electron chi connectivity index (χ1n) is 7.53. The summed E-state index contributed by atoms with van der Waals surface area (Å²) in [7, 11) is 1.57. The van der Waals surface area contributed by atoms with Crippen LogP contribution in [-0.2, 0) is 17.3 Å². The lowest BCUT2D eigenvalue weighted by Crippen LogP contribution is -2.22. The van der Waals surface area contributed by atoms with Crippen LogP contribution < -0.4 is 5.48 Å². The Morgan fingerprint density at radius 2 is 2.08 bits per heavy atom. The van der Waals surface area contributed by atoms with Crippen molar-refractivity contribution in [1.82, 2.24) is 15.8 Å². The number of hydrogen-bond donors (Lipinski definition) is 2. The zero-order chi connectivity index (χ0) is 19.2. The van der Waals surface area contributed by atoms with Crippen molar-refractivity contribution in [2.24, 2.45) is 4.99 Å². The lowest BCUT2D eigenvalue weighted by Gasteiger charge is -2.09. The van der Waals surface area contributed by atoms with Crippen LogP contribution >= 0.6 is 0 Å². The normalized spacial score (nSPS) is 12.5. The summed E-state index contributed by atoms with van der Waals surface area (Å²) in [5.74, 6) is -1.69. The van der Waals surface area contributed by atoms with Crippen LogP contribution in [0.5, 0.6) is 0 Å². The van der Waals surface area contributed by atoms with Crippen LogP contribution in [0.2, 0.25) is 0 Å². The third-order valence-corrected chi connectivity index (χ3v) is 3.39. The highest BCUT2D eigenvalue weighted by Crippen LogP contribution is 2.33. The molecule has 142 valence electrons. The van der Waals surface area contributed by atoms with Crippen molar-refractivity contribution in [3.05, 3.63) is 41.0 Å². The number of nitrogens with one attached hydrogen (secondary N) is 1. The predicted octanol–water partition coefficient (Wildman–Crippen LogP) is 3.25. The van der Waals surface area contributed by atoms with Crippen molar-refractivity contribution in [2.75, 3.05) is 13.7 Å². The first kappa shape index (κ1) is 19.8. The van der Waals surface area contributed by atoms with Gasteiger partial charge < -0.3 is 4.74 Å². The zero-order valence-electron chi connectivity index (χ0n) is 13.7. The van der Waals surface area contributed by atoms with Gasteiger partial charge in [-0.15, -0.1) is 0 Å². The molecule has 11 heteroatoms. The second-order valence-corrected chi connectivity index (χ2v) is 5.24. The summed E-state index contributed by atoms with van der Waals surface area (Å²) in [6, 6.07) is 2.20. The monoisotopic (exact) mass is 376 g/mol. The van der Waals surface area contributed by atoms with Crippen molar-refractivity contribution in [3.63, 3.8) is 0 Å². The third-order valence-electron chi connectivity index (χ3n) is 3.39. The first-order chi connectivity index (χ1) is 12.4. The van der Waals surface area contributed by atoms with Crippen LogP contribution in [-0.4, -0.2) is 35.1 Å². The van der Waals surface area contributed by atoms with Gasteiger partial charge in [0.05, 0.1) is 11.3 Å². The van der Waals surface area contributed by atoms with Crippen LogP contribution in [0.3, 0.4) is 0 Å². The molecular formula is C15H16F4N4O3. The average molecular weight is 376 g/mol. The molecule has 0 fully saturated rings. The number of halogens is 4. The molecule has 0 aliphatic carbocycles. The summed E-state index contributed by atoms with van der Waals surface area (Å²) in [5.41, 5.74) is 0.464. The van der Waals surface area contributed by atoms with E-state index in [0.29, 0.717) is 37.3 Å². The Morgan fingerprint density at radius 3 is 2.73 bits per heavy atom. The molecule has 26 heavy (non-hydrogen) atoms. The number of nitrogens with zero attached hydrogens (tertiary/aromatic N) is 3. The minimum atomic E-state index is -4.87.